The molecule has 1 amide bonds. The van der Waals surface area contributed by atoms with Crippen LogP contribution in [-0.2, 0) is 24.1 Å². The van der Waals surface area contributed by atoms with E-state index in [1.165, 1.54) is 16.7 Å². The lowest BCUT2D eigenvalue weighted by Gasteiger charge is -2.34. The first-order valence-electron chi connectivity index (χ1n) is 13.9. The molecule has 1 heterocycles. The Balaban J connectivity index is 0.00000121. The van der Waals surface area contributed by atoms with Gasteiger partial charge < -0.3 is 28.7 Å². The SMILES string of the molecule is CC.CC.COc1cc2c(cc1OC)CC(=O)N(CCCN(C)CC1Cc3cc(OC)c(OC)cc31)CC2. The molecule has 2 aromatic carbocycles. The highest BCUT2D eigenvalue weighted by Crippen LogP contribution is 2.42. The van der Waals surface area contributed by atoms with Crippen molar-refractivity contribution in [1.29, 1.82) is 0 Å². The van der Waals surface area contributed by atoms with Gasteiger partial charge in [0, 0.05) is 25.6 Å². The standard InChI is InChI=1S/C27H36N2O5.2C2H6/c1-28(17-21-11-20-14-25(33-4)26(34-5)16-22(20)21)8-6-9-29-10-7-18-12-23(31-2)24(32-3)13-19(18)15-27(29)30;2*1-2/h12-14,16,21H,6-11,15,17H2,1-5H3;2*1-2H3. The maximum atomic E-state index is 12.9. The minimum absolute atomic E-state index is 0.183. The number of carbonyl (C=O) groups excluding carboxylic acids is 1. The van der Waals surface area contributed by atoms with Crippen LogP contribution in [0.4, 0.5) is 0 Å². The molecule has 212 valence electrons. The summed E-state index contributed by atoms with van der Waals surface area (Å²) in [7, 11) is 8.79. The van der Waals surface area contributed by atoms with Crippen LogP contribution < -0.4 is 18.9 Å². The first kappa shape index (κ1) is 31.3. The van der Waals surface area contributed by atoms with Crippen molar-refractivity contribution >= 4 is 5.91 Å². The third-order valence-electron chi connectivity index (χ3n) is 7.10. The van der Waals surface area contributed by atoms with E-state index in [-0.39, 0.29) is 5.91 Å². The number of carbonyl (C=O) groups is 1. The summed E-state index contributed by atoms with van der Waals surface area (Å²) in [6, 6.07) is 8.18. The second-order valence-corrected chi connectivity index (χ2v) is 9.21. The van der Waals surface area contributed by atoms with Gasteiger partial charge in [-0.05, 0) is 79.4 Å². The zero-order chi connectivity index (χ0) is 28.2. The molecule has 7 nitrogen and oxygen atoms in total. The van der Waals surface area contributed by atoms with Crippen molar-refractivity contribution in [1.82, 2.24) is 9.80 Å². The van der Waals surface area contributed by atoms with Crippen molar-refractivity contribution in [2.75, 3.05) is 61.7 Å². The van der Waals surface area contributed by atoms with E-state index in [0.717, 1.165) is 68.3 Å². The van der Waals surface area contributed by atoms with Crippen molar-refractivity contribution in [2.24, 2.45) is 0 Å². The molecule has 1 atom stereocenters. The van der Waals surface area contributed by atoms with Crippen LogP contribution in [0.3, 0.4) is 0 Å². The van der Waals surface area contributed by atoms with Crippen LogP contribution in [0.5, 0.6) is 23.0 Å². The Morgan fingerprint density at radius 3 is 1.92 bits per heavy atom. The van der Waals surface area contributed by atoms with Gasteiger partial charge in [-0.1, -0.05) is 27.7 Å². The maximum absolute atomic E-state index is 12.9. The van der Waals surface area contributed by atoms with Crippen molar-refractivity contribution in [3.8, 4) is 23.0 Å². The molecule has 1 aliphatic heterocycles. The fourth-order valence-electron chi connectivity index (χ4n) is 5.15. The Bertz CT molecular complexity index is 1040. The van der Waals surface area contributed by atoms with Gasteiger partial charge >= 0.3 is 0 Å². The number of likely N-dealkylation sites (N-methyl/N-ethyl adjacent to an activating group) is 1. The first-order chi connectivity index (χ1) is 18.5. The highest BCUT2D eigenvalue weighted by atomic mass is 16.5. The molecule has 2 aliphatic rings. The monoisotopic (exact) mass is 528 g/mol. The summed E-state index contributed by atoms with van der Waals surface area (Å²) in [5.41, 5.74) is 4.91. The lowest BCUT2D eigenvalue weighted by molar-refractivity contribution is -0.130. The number of amides is 1. The molecule has 38 heavy (non-hydrogen) atoms. The van der Waals surface area contributed by atoms with Gasteiger partial charge in [-0.3, -0.25) is 4.79 Å². The number of rotatable bonds is 10. The Kier molecular flexibility index (Phi) is 12.7. The topological polar surface area (TPSA) is 60.5 Å². The number of benzene rings is 2. The third-order valence-corrected chi connectivity index (χ3v) is 7.10. The normalized spacial score (nSPS) is 15.5. The van der Waals surface area contributed by atoms with Crippen LogP contribution in [0.25, 0.3) is 0 Å². The third kappa shape index (κ3) is 7.34. The van der Waals surface area contributed by atoms with E-state index in [0.29, 0.717) is 18.1 Å². The van der Waals surface area contributed by atoms with E-state index in [1.54, 1.807) is 28.4 Å². The minimum atomic E-state index is 0.183. The van der Waals surface area contributed by atoms with Crippen LogP contribution in [0.15, 0.2) is 24.3 Å². The fraction of sp³-hybridized carbons (Fsp3) is 0.581. The van der Waals surface area contributed by atoms with Crippen LogP contribution in [0, 0.1) is 0 Å². The van der Waals surface area contributed by atoms with Crippen LogP contribution in [-0.4, -0.2) is 77.4 Å². The Hall–Kier alpha value is -2.93. The van der Waals surface area contributed by atoms with Crippen molar-refractivity contribution in [3.05, 3.63) is 46.5 Å². The molecule has 0 saturated heterocycles. The largest absolute Gasteiger partial charge is 0.493 e. The summed E-state index contributed by atoms with van der Waals surface area (Å²) in [6.07, 6.45) is 3.27. The predicted octanol–water partition coefficient (Wildman–Crippen LogP) is 5.36. The molecule has 1 unspecified atom stereocenters. The second-order valence-electron chi connectivity index (χ2n) is 9.21. The van der Waals surface area contributed by atoms with Crippen molar-refractivity contribution in [2.45, 2.75) is 59.3 Å². The molecule has 0 aromatic heterocycles. The summed E-state index contributed by atoms with van der Waals surface area (Å²) in [5.74, 6) is 3.69. The zero-order valence-corrected chi connectivity index (χ0v) is 25.0. The van der Waals surface area contributed by atoms with E-state index < -0.39 is 0 Å². The highest BCUT2D eigenvalue weighted by molar-refractivity contribution is 5.80. The zero-order valence-electron chi connectivity index (χ0n) is 25.0. The summed E-state index contributed by atoms with van der Waals surface area (Å²) >= 11 is 0. The molecular weight excluding hydrogens is 480 g/mol. The van der Waals surface area contributed by atoms with Gasteiger partial charge in [0.2, 0.25) is 5.91 Å². The Labute approximate surface area is 230 Å². The Morgan fingerprint density at radius 1 is 0.816 bits per heavy atom. The predicted molar refractivity (Wildman–Crippen MR) is 154 cm³/mol. The van der Waals surface area contributed by atoms with E-state index in [9.17, 15) is 4.79 Å². The van der Waals surface area contributed by atoms with Gasteiger partial charge in [-0.2, -0.15) is 0 Å². The quantitative estimate of drug-likeness (QED) is 0.414. The summed E-state index contributed by atoms with van der Waals surface area (Å²) in [5, 5.41) is 0. The number of methoxy groups -OCH3 is 4. The summed E-state index contributed by atoms with van der Waals surface area (Å²) in [6.45, 7) is 11.5. The number of nitrogens with zero attached hydrogens (tertiary/aromatic N) is 2. The molecule has 0 spiro atoms. The number of ether oxygens (including phenoxy) is 4. The van der Waals surface area contributed by atoms with Crippen molar-refractivity contribution in [3.63, 3.8) is 0 Å². The van der Waals surface area contributed by atoms with E-state index in [2.05, 4.69) is 24.1 Å². The molecule has 0 fully saturated rings. The molecule has 1 aliphatic carbocycles. The molecular formula is C31H48N2O5. The average Bonchev–Trinajstić information content (AvgIpc) is 3.10. The first-order valence-corrected chi connectivity index (χ1v) is 13.9. The molecule has 4 rings (SSSR count). The summed E-state index contributed by atoms with van der Waals surface area (Å²) in [4.78, 5) is 17.3. The number of hydrogen-bond donors (Lipinski definition) is 0. The lowest BCUT2D eigenvalue weighted by Crippen LogP contribution is -2.36. The van der Waals surface area contributed by atoms with Gasteiger partial charge in [-0.15, -0.1) is 0 Å². The molecule has 0 radical (unpaired) electrons. The smallest absolute Gasteiger partial charge is 0.227 e. The second kappa shape index (κ2) is 15.5. The molecule has 7 heteroatoms. The van der Waals surface area contributed by atoms with E-state index in [1.807, 2.05) is 44.7 Å². The maximum Gasteiger partial charge on any atom is 0.227 e. The minimum Gasteiger partial charge on any atom is -0.493 e. The molecule has 0 bridgehead atoms. The van der Waals surface area contributed by atoms with Gasteiger partial charge in [0.1, 0.15) is 0 Å². The van der Waals surface area contributed by atoms with E-state index in [4.69, 9.17) is 18.9 Å². The van der Waals surface area contributed by atoms with Gasteiger partial charge in [0.05, 0.1) is 34.9 Å². The molecule has 0 saturated carbocycles. The fourth-order valence-corrected chi connectivity index (χ4v) is 5.15. The summed E-state index contributed by atoms with van der Waals surface area (Å²) < 4.78 is 21.7. The Morgan fingerprint density at radius 2 is 1.34 bits per heavy atom. The van der Waals surface area contributed by atoms with Crippen LogP contribution >= 0.6 is 0 Å². The highest BCUT2D eigenvalue weighted by Gasteiger charge is 2.29. The average molecular weight is 529 g/mol. The van der Waals surface area contributed by atoms with Crippen molar-refractivity contribution < 1.29 is 23.7 Å². The lowest BCUT2D eigenvalue weighted by atomic mass is 9.77. The van der Waals surface area contributed by atoms with Crippen LogP contribution in [0.2, 0.25) is 0 Å². The number of fused-ring (bicyclic) bond motifs is 2. The van der Waals surface area contributed by atoms with Crippen LogP contribution in [0.1, 0.15) is 62.3 Å². The number of hydrogen-bond acceptors (Lipinski definition) is 6. The molecule has 0 N–H and O–H groups in total. The van der Waals surface area contributed by atoms with E-state index >= 15 is 0 Å². The molecule has 2 aromatic rings. The van der Waals surface area contributed by atoms with Gasteiger partial charge in [-0.25, -0.2) is 0 Å². The van der Waals surface area contributed by atoms with Gasteiger partial charge in [0.15, 0.2) is 23.0 Å². The van der Waals surface area contributed by atoms with Gasteiger partial charge in [0.25, 0.3) is 0 Å².